The first-order valence-electron chi connectivity index (χ1n) is 9.79. The van der Waals surface area contributed by atoms with Crippen molar-refractivity contribution in [1.82, 2.24) is 25.3 Å². The number of rotatable bonds is 5. The first-order valence-corrected chi connectivity index (χ1v) is 9.79. The average Bonchev–Trinajstić information content (AvgIpc) is 3.03. The highest BCUT2D eigenvalue weighted by Crippen LogP contribution is 2.35. The molecule has 2 atom stereocenters. The number of H-pyrrole nitrogens is 1. The van der Waals surface area contributed by atoms with Crippen molar-refractivity contribution >= 4 is 17.8 Å². The van der Waals surface area contributed by atoms with E-state index in [0.29, 0.717) is 30.6 Å². The third-order valence-corrected chi connectivity index (χ3v) is 4.69. The van der Waals surface area contributed by atoms with Crippen LogP contribution in [-0.2, 0) is 9.47 Å². The van der Waals surface area contributed by atoms with E-state index in [9.17, 15) is 9.59 Å². The number of nitrogens with one attached hydrogen (secondary N) is 3. The Morgan fingerprint density at radius 2 is 2.14 bits per heavy atom. The van der Waals surface area contributed by atoms with Gasteiger partial charge in [-0.25, -0.2) is 4.79 Å². The van der Waals surface area contributed by atoms with Gasteiger partial charge >= 0.3 is 6.09 Å². The zero-order valence-electron chi connectivity index (χ0n) is 16.8. The van der Waals surface area contributed by atoms with E-state index in [4.69, 9.17) is 9.47 Å². The van der Waals surface area contributed by atoms with Gasteiger partial charge in [0.15, 0.2) is 5.82 Å². The van der Waals surface area contributed by atoms with E-state index < -0.39 is 6.09 Å². The third-order valence-electron chi connectivity index (χ3n) is 4.69. The van der Waals surface area contributed by atoms with Gasteiger partial charge in [0.05, 0.1) is 18.3 Å². The number of anilines is 1. The van der Waals surface area contributed by atoms with E-state index in [1.807, 2.05) is 20.8 Å². The Balaban J connectivity index is 1.32. The molecular weight excluding hydrogens is 376 g/mol. The molecule has 3 heterocycles. The number of hydrogen-bond donors (Lipinski definition) is 3. The van der Waals surface area contributed by atoms with Gasteiger partial charge in [-0.3, -0.25) is 14.6 Å². The minimum Gasteiger partial charge on any atom is -0.444 e. The van der Waals surface area contributed by atoms with Crippen LogP contribution in [0.4, 0.5) is 10.6 Å². The fourth-order valence-electron chi connectivity index (χ4n) is 3.23. The summed E-state index contributed by atoms with van der Waals surface area (Å²) in [6.45, 7) is 5.98. The molecule has 0 spiro atoms. The first-order chi connectivity index (χ1) is 13.8. The molecular formula is C19H26N6O4. The van der Waals surface area contributed by atoms with Gasteiger partial charge in [0.1, 0.15) is 17.9 Å². The fraction of sp³-hybridized carbons (Fsp3) is 0.579. The van der Waals surface area contributed by atoms with Crippen LogP contribution in [-0.4, -0.2) is 50.2 Å². The Morgan fingerprint density at radius 1 is 1.34 bits per heavy atom. The first kappa shape index (κ1) is 19.4. The minimum absolute atomic E-state index is 0.250. The number of aromatic amines is 1. The summed E-state index contributed by atoms with van der Waals surface area (Å²) in [7, 11) is 0. The topological polar surface area (TPSA) is 123 Å². The van der Waals surface area contributed by atoms with E-state index in [1.54, 1.807) is 23.0 Å². The van der Waals surface area contributed by atoms with Crippen LogP contribution in [0.15, 0.2) is 18.3 Å². The Bertz CT molecular complexity index is 895. The second-order valence-electron chi connectivity index (χ2n) is 8.51. The van der Waals surface area contributed by atoms with Gasteiger partial charge in [-0.05, 0) is 39.7 Å². The molecule has 2 unspecified atom stereocenters. The van der Waals surface area contributed by atoms with Crippen LogP contribution >= 0.6 is 0 Å². The van der Waals surface area contributed by atoms with E-state index in [0.717, 1.165) is 18.5 Å². The van der Waals surface area contributed by atoms with Crippen molar-refractivity contribution in [2.45, 2.75) is 63.8 Å². The van der Waals surface area contributed by atoms with E-state index in [1.165, 1.54) is 0 Å². The number of aromatic nitrogens is 4. The predicted molar refractivity (Wildman–Crippen MR) is 104 cm³/mol. The van der Waals surface area contributed by atoms with Crippen molar-refractivity contribution in [1.29, 1.82) is 0 Å². The molecule has 2 aromatic heterocycles. The Morgan fingerprint density at radius 3 is 2.86 bits per heavy atom. The molecule has 156 valence electrons. The van der Waals surface area contributed by atoms with Crippen LogP contribution in [0.1, 0.15) is 68.4 Å². The molecule has 29 heavy (non-hydrogen) atoms. The van der Waals surface area contributed by atoms with Crippen LogP contribution < -0.4 is 10.6 Å². The number of amides is 2. The van der Waals surface area contributed by atoms with E-state index in [2.05, 4.69) is 25.9 Å². The van der Waals surface area contributed by atoms with Crippen LogP contribution in [0.3, 0.4) is 0 Å². The molecule has 0 bridgehead atoms. The van der Waals surface area contributed by atoms with Gasteiger partial charge in [0.2, 0.25) is 0 Å². The number of alkyl carbamates (subject to hydrolysis) is 1. The summed E-state index contributed by atoms with van der Waals surface area (Å²) in [5, 5.41) is 16.8. The molecule has 1 saturated heterocycles. The maximum atomic E-state index is 12.5. The summed E-state index contributed by atoms with van der Waals surface area (Å²) < 4.78 is 12.9. The summed E-state index contributed by atoms with van der Waals surface area (Å²) in [6.07, 6.45) is 3.16. The predicted octanol–water partition coefficient (Wildman–Crippen LogP) is 2.55. The Labute approximate surface area is 168 Å². The molecule has 1 aliphatic carbocycles. The summed E-state index contributed by atoms with van der Waals surface area (Å²) in [5.74, 6) is 0.159. The van der Waals surface area contributed by atoms with Gasteiger partial charge in [-0.2, -0.15) is 10.2 Å². The molecule has 10 heteroatoms. The highest BCUT2D eigenvalue weighted by atomic mass is 16.6. The van der Waals surface area contributed by atoms with Crippen molar-refractivity contribution in [2.75, 3.05) is 11.9 Å². The van der Waals surface area contributed by atoms with Crippen molar-refractivity contribution in [3.05, 3.63) is 29.7 Å². The molecule has 0 radical (unpaired) electrons. The fourth-order valence-corrected chi connectivity index (χ4v) is 3.23. The maximum absolute atomic E-state index is 12.5. The number of ether oxygens (including phenoxy) is 2. The van der Waals surface area contributed by atoms with Crippen LogP contribution in [0.2, 0.25) is 0 Å². The van der Waals surface area contributed by atoms with Crippen molar-refractivity contribution in [3.63, 3.8) is 0 Å². The van der Waals surface area contributed by atoms with E-state index in [-0.39, 0.29) is 23.7 Å². The highest BCUT2D eigenvalue weighted by Gasteiger charge is 2.32. The molecule has 3 N–H and O–H groups in total. The lowest BCUT2D eigenvalue weighted by Crippen LogP contribution is -2.42. The van der Waals surface area contributed by atoms with Gasteiger partial charge in [0.25, 0.3) is 5.91 Å². The summed E-state index contributed by atoms with van der Waals surface area (Å²) in [4.78, 5) is 24.4. The van der Waals surface area contributed by atoms with Crippen LogP contribution in [0.5, 0.6) is 0 Å². The number of nitrogens with zero attached hydrogens (tertiary/aromatic N) is 3. The van der Waals surface area contributed by atoms with Crippen LogP contribution in [0.25, 0.3) is 0 Å². The van der Waals surface area contributed by atoms with Crippen LogP contribution in [0, 0.1) is 0 Å². The molecule has 1 saturated carbocycles. The number of carbonyl (C=O) groups is 2. The van der Waals surface area contributed by atoms with Crippen molar-refractivity contribution in [3.8, 4) is 0 Å². The maximum Gasteiger partial charge on any atom is 0.407 e. The summed E-state index contributed by atoms with van der Waals surface area (Å²) in [6, 6.07) is 3.75. The standard InChI is InChI=1S/C19H26N6O4/c1-19(2,3)22-18(27)29-12-8-15(28-10-12)13-9-16(24-23-13)21-17(26)14-6-7-20-25(14)11-4-5-11/h6-7,9,11-12,15H,4-5,8,10H2,1-3H3,(H,22,27)(H2,21,23,24,26). The lowest BCUT2D eigenvalue weighted by Gasteiger charge is -2.21. The second-order valence-corrected chi connectivity index (χ2v) is 8.51. The largest absolute Gasteiger partial charge is 0.444 e. The molecule has 4 rings (SSSR count). The van der Waals surface area contributed by atoms with Gasteiger partial charge in [-0.15, -0.1) is 0 Å². The second kappa shape index (κ2) is 7.51. The summed E-state index contributed by atoms with van der Waals surface area (Å²) >= 11 is 0. The normalized spacial score (nSPS) is 21.8. The number of carbonyl (C=O) groups excluding carboxylic acids is 2. The lowest BCUT2D eigenvalue weighted by molar-refractivity contribution is 0.0661. The van der Waals surface area contributed by atoms with Crippen molar-refractivity contribution < 1.29 is 19.1 Å². The molecule has 1 aliphatic heterocycles. The molecule has 2 amide bonds. The minimum atomic E-state index is -0.461. The summed E-state index contributed by atoms with van der Waals surface area (Å²) in [5.41, 5.74) is 0.882. The quantitative estimate of drug-likeness (QED) is 0.706. The number of hydrogen-bond acceptors (Lipinski definition) is 6. The van der Waals surface area contributed by atoms with Gasteiger partial charge in [-0.1, -0.05) is 0 Å². The molecule has 0 aromatic carbocycles. The molecule has 2 fully saturated rings. The van der Waals surface area contributed by atoms with E-state index >= 15 is 0 Å². The Hall–Kier alpha value is -2.88. The highest BCUT2D eigenvalue weighted by molar-refractivity contribution is 6.02. The zero-order chi connectivity index (χ0) is 20.6. The van der Waals surface area contributed by atoms with Gasteiger partial charge < -0.3 is 20.1 Å². The van der Waals surface area contributed by atoms with Crippen molar-refractivity contribution in [2.24, 2.45) is 0 Å². The third kappa shape index (κ3) is 4.76. The smallest absolute Gasteiger partial charge is 0.407 e. The average molecular weight is 402 g/mol. The molecule has 2 aliphatic rings. The lowest BCUT2D eigenvalue weighted by atomic mass is 10.1. The van der Waals surface area contributed by atoms with Gasteiger partial charge in [0, 0.05) is 24.2 Å². The zero-order valence-corrected chi connectivity index (χ0v) is 16.8. The molecule has 2 aromatic rings. The Kier molecular flexibility index (Phi) is 5.03. The monoisotopic (exact) mass is 402 g/mol. The molecule has 10 nitrogen and oxygen atoms in total. The SMILES string of the molecule is CC(C)(C)NC(=O)OC1COC(c2cc(NC(=O)c3ccnn3C3CC3)n[nH]2)C1.